The highest BCUT2D eigenvalue weighted by molar-refractivity contribution is 6.00. The van der Waals surface area contributed by atoms with Crippen molar-refractivity contribution in [2.24, 2.45) is 0 Å². The van der Waals surface area contributed by atoms with Gasteiger partial charge in [-0.1, -0.05) is 0 Å². The highest BCUT2D eigenvalue weighted by Gasteiger charge is 2.32. The third-order valence-electron chi connectivity index (χ3n) is 6.76. The molecule has 0 aliphatic heterocycles. The Balaban J connectivity index is 1.48. The van der Waals surface area contributed by atoms with E-state index in [1.165, 1.54) is 22.7 Å². The number of rotatable bonds is 9. The predicted molar refractivity (Wildman–Crippen MR) is 147 cm³/mol. The molecule has 0 radical (unpaired) electrons. The fraction of sp³-hybridized carbons (Fsp3) is 0.519. The lowest BCUT2D eigenvalue weighted by Crippen LogP contribution is -2.50. The van der Waals surface area contributed by atoms with Crippen molar-refractivity contribution in [1.82, 2.24) is 24.5 Å². The second kappa shape index (κ2) is 10.9. The van der Waals surface area contributed by atoms with Gasteiger partial charge < -0.3 is 29.8 Å². The smallest absolute Gasteiger partial charge is 0.415 e. The monoisotopic (exact) mass is 553 g/mol. The molecule has 3 heterocycles. The molecule has 2 fully saturated rings. The summed E-state index contributed by atoms with van der Waals surface area (Å²) in [5.41, 5.74) is -0.425. The van der Waals surface area contributed by atoms with E-state index in [9.17, 15) is 19.5 Å². The maximum absolute atomic E-state index is 13.2. The van der Waals surface area contributed by atoms with Crippen LogP contribution in [0, 0.1) is 0 Å². The molecule has 2 saturated carbocycles. The van der Waals surface area contributed by atoms with Gasteiger partial charge in [0.25, 0.3) is 11.5 Å². The molecule has 0 bridgehead atoms. The Bertz CT molecular complexity index is 1470. The number of nitrogens with one attached hydrogen (secondary N) is 2. The van der Waals surface area contributed by atoms with Crippen molar-refractivity contribution in [1.29, 1.82) is 0 Å². The fourth-order valence-electron chi connectivity index (χ4n) is 4.23. The topological polar surface area (TPSA) is 152 Å². The van der Waals surface area contributed by atoms with Gasteiger partial charge in [-0.15, -0.1) is 0 Å². The number of fused-ring (bicyclic) bond motifs is 1. The van der Waals surface area contributed by atoms with E-state index in [0.717, 1.165) is 12.8 Å². The highest BCUT2D eigenvalue weighted by Crippen LogP contribution is 2.26. The number of pyridine rings is 1. The zero-order valence-corrected chi connectivity index (χ0v) is 23.1. The van der Waals surface area contributed by atoms with Crippen LogP contribution in [0.5, 0.6) is 0 Å². The number of nitrogens with zero attached hydrogens (tertiary/aromatic N) is 5. The Morgan fingerprint density at radius 1 is 1.23 bits per heavy atom. The van der Waals surface area contributed by atoms with Crippen LogP contribution in [-0.4, -0.2) is 73.8 Å². The number of aromatic nitrogens is 4. The number of amides is 2. The maximum atomic E-state index is 13.2. The van der Waals surface area contributed by atoms with Gasteiger partial charge in [0.15, 0.2) is 5.65 Å². The summed E-state index contributed by atoms with van der Waals surface area (Å²) in [7, 11) is 1.52. The molecule has 3 N–H and O–H groups in total. The Labute approximate surface area is 231 Å². The van der Waals surface area contributed by atoms with Crippen LogP contribution >= 0.6 is 0 Å². The molecule has 2 unspecified atom stereocenters. The van der Waals surface area contributed by atoms with Crippen LogP contribution in [0.1, 0.15) is 56.8 Å². The molecule has 40 heavy (non-hydrogen) atoms. The number of ether oxygens (including phenoxy) is 2. The summed E-state index contributed by atoms with van der Waals surface area (Å²) >= 11 is 0. The van der Waals surface area contributed by atoms with Gasteiger partial charge in [0.1, 0.15) is 28.5 Å². The summed E-state index contributed by atoms with van der Waals surface area (Å²) in [5.74, 6) is 0.0331. The summed E-state index contributed by atoms with van der Waals surface area (Å²) in [6.07, 6.45) is 5.51. The van der Waals surface area contributed by atoms with E-state index in [-0.39, 0.29) is 40.1 Å². The number of carbonyl (C=O) groups excluding carboxylic acids is 2. The molecule has 13 nitrogen and oxygen atoms in total. The van der Waals surface area contributed by atoms with Crippen molar-refractivity contribution in [3.05, 3.63) is 46.5 Å². The van der Waals surface area contributed by atoms with Gasteiger partial charge >= 0.3 is 6.09 Å². The number of aliphatic hydroxyl groups excluding tert-OH is 1. The lowest BCUT2D eigenvalue weighted by atomic mass is 9.89. The second-order valence-electron chi connectivity index (χ2n) is 11.2. The van der Waals surface area contributed by atoms with Crippen molar-refractivity contribution in [2.45, 2.75) is 76.9 Å². The minimum Gasteiger partial charge on any atom is -0.443 e. The number of hydrogen-bond donors (Lipinski definition) is 3. The van der Waals surface area contributed by atoms with Crippen LogP contribution in [0.3, 0.4) is 0 Å². The molecule has 5 rings (SSSR count). The highest BCUT2D eigenvalue weighted by atomic mass is 16.6. The van der Waals surface area contributed by atoms with Gasteiger partial charge in [0, 0.05) is 25.9 Å². The molecule has 214 valence electrons. The van der Waals surface area contributed by atoms with Crippen molar-refractivity contribution in [3.8, 4) is 0 Å². The largest absolute Gasteiger partial charge is 0.443 e. The molecule has 2 aliphatic carbocycles. The number of anilines is 3. The first-order valence-corrected chi connectivity index (χ1v) is 13.4. The van der Waals surface area contributed by atoms with Crippen LogP contribution in [0.2, 0.25) is 0 Å². The summed E-state index contributed by atoms with van der Waals surface area (Å²) in [4.78, 5) is 45.0. The molecule has 0 saturated heterocycles. The molecular formula is C27H35N7O6. The van der Waals surface area contributed by atoms with Gasteiger partial charge in [-0.25, -0.2) is 9.78 Å². The van der Waals surface area contributed by atoms with Crippen molar-refractivity contribution >= 4 is 35.0 Å². The van der Waals surface area contributed by atoms with E-state index < -0.39 is 23.7 Å². The van der Waals surface area contributed by atoms with Gasteiger partial charge in [0.05, 0.1) is 31.1 Å². The average molecular weight is 554 g/mol. The maximum Gasteiger partial charge on any atom is 0.415 e. The Hall–Kier alpha value is -3.97. The molecule has 3 aromatic rings. The minimum atomic E-state index is -0.740. The molecule has 13 heteroatoms. The molecule has 2 aliphatic rings. The normalized spacial score (nSPS) is 18.7. The SMILES string of the molecule is CN(C(=O)OC(C)(C)C)c1cc(Nc2cccn(CCOC3CC3)c2=O)nc2c(C(=O)NC3CCC3O)cnn12. The lowest BCUT2D eigenvalue weighted by Gasteiger charge is -2.32. The second-order valence-corrected chi connectivity index (χ2v) is 11.2. The third kappa shape index (κ3) is 6.10. The van der Waals surface area contributed by atoms with Gasteiger partial charge in [-0.2, -0.15) is 9.61 Å². The van der Waals surface area contributed by atoms with Crippen LogP contribution in [-0.2, 0) is 16.0 Å². The number of carbonyl (C=O) groups is 2. The summed E-state index contributed by atoms with van der Waals surface area (Å²) in [5, 5.41) is 20.1. The number of hydrogen-bond acceptors (Lipinski definition) is 9. The average Bonchev–Trinajstić information content (AvgIpc) is 3.62. The minimum absolute atomic E-state index is 0.157. The van der Waals surface area contributed by atoms with Gasteiger partial charge in [-0.05, 0) is 58.6 Å². The Morgan fingerprint density at radius 3 is 2.65 bits per heavy atom. The first-order chi connectivity index (χ1) is 19.0. The Morgan fingerprint density at radius 2 is 2.00 bits per heavy atom. The quantitative estimate of drug-likeness (QED) is 0.363. The van der Waals surface area contributed by atoms with Crippen molar-refractivity contribution < 1.29 is 24.2 Å². The molecular weight excluding hydrogens is 518 g/mol. The third-order valence-corrected chi connectivity index (χ3v) is 6.76. The molecule has 0 spiro atoms. The van der Waals surface area contributed by atoms with E-state index in [0.29, 0.717) is 32.1 Å². The first kappa shape index (κ1) is 27.6. The summed E-state index contributed by atoms with van der Waals surface area (Å²) in [6, 6.07) is 4.58. The van der Waals surface area contributed by atoms with Crippen LogP contribution in [0.15, 0.2) is 35.4 Å². The molecule has 0 aromatic carbocycles. The molecule has 2 amide bonds. The molecule has 3 aromatic heterocycles. The summed E-state index contributed by atoms with van der Waals surface area (Å²) < 4.78 is 14.1. The summed E-state index contributed by atoms with van der Waals surface area (Å²) in [6.45, 7) is 6.12. The van der Waals surface area contributed by atoms with Crippen LogP contribution in [0.25, 0.3) is 5.65 Å². The molecule has 2 atom stereocenters. The Kier molecular flexibility index (Phi) is 7.51. The van der Waals surface area contributed by atoms with E-state index in [1.807, 2.05) is 0 Å². The van der Waals surface area contributed by atoms with Crippen molar-refractivity contribution in [2.75, 3.05) is 23.9 Å². The van der Waals surface area contributed by atoms with Crippen LogP contribution in [0.4, 0.5) is 22.1 Å². The van der Waals surface area contributed by atoms with E-state index in [4.69, 9.17) is 9.47 Å². The fourth-order valence-corrected chi connectivity index (χ4v) is 4.23. The van der Waals surface area contributed by atoms with E-state index >= 15 is 0 Å². The standard InChI is InChI=1S/C27H35N7O6/c1-27(2,3)40-26(38)32(4)22-14-21(29-19-6-5-11-33(25(19)37)12-13-39-16-7-8-16)31-23-17(15-28-34(22)23)24(36)30-18-9-10-20(18)35/h5-6,11,14-16,18,20,35H,7-10,12-13H2,1-4H3,(H,29,31)(H,30,36). The van der Waals surface area contributed by atoms with E-state index in [2.05, 4.69) is 20.7 Å². The van der Waals surface area contributed by atoms with E-state index in [1.54, 1.807) is 49.7 Å². The predicted octanol–water partition coefficient (Wildman–Crippen LogP) is 2.44. The van der Waals surface area contributed by atoms with Gasteiger partial charge in [0.2, 0.25) is 0 Å². The zero-order chi connectivity index (χ0) is 28.6. The van der Waals surface area contributed by atoms with Crippen molar-refractivity contribution in [3.63, 3.8) is 0 Å². The lowest BCUT2D eigenvalue weighted by molar-refractivity contribution is 0.0448. The van der Waals surface area contributed by atoms with Gasteiger partial charge in [-0.3, -0.25) is 14.5 Å². The first-order valence-electron chi connectivity index (χ1n) is 13.4. The number of aliphatic hydroxyl groups is 1. The van der Waals surface area contributed by atoms with Crippen LogP contribution < -0.4 is 21.1 Å². The zero-order valence-electron chi connectivity index (χ0n) is 23.1.